The molecule has 1 unspecified atom stereocenters. The van der Waals surface area contributed by atoms with E-state index in [9.17, 15) is 17.2 Å². The van der Waals surface area contributed by atoms with Crippen molar-refractivity contribution in [2.24, 2.45) is 5.73 Å². The van der Waals surface area contributed by atoms with Crippen LogP contribution in [0.5, 0.6) is 0 Å². The number of benzene rings is 2. The Kier molecular flexibility index (Phi) is 5.08. The number of sulfone groups is 1. The lowest BCUT2D eigenvalue weighted by Crippen LogP contribution is -2.17. The highest BCUT2D eigenvalue weighted by atomic mass is 32.2. The second kappa shape index (κ2) is 7.58. The number of nitrogens with zero attached hydrogens (tertiary/aromatic N) is 2. The SMILES string of the molecule is CS(=O)(=O)c1ccc(F)c(CC(N)c2ccccc2-c2noc3cc(F)ccc23)n1. The normalized spacial score (nSPS) is 12.9. The summed E-state index contributed by atoms with van der Waals surface area (Å²) in [5.41, 5.74) is 8.37. The smallest absolute Gasteiger partial charge is 0.192 e. The Hall–Kier alpha value is -3.17. The van der Waals surface area contributed by atoms with Gasteiger partial charge in [0.05, 0.1) is 5.69 Å². The minimum Gasteiger partial charge on any atom is -0.356 e. The van der Waals surface area contributed by atoms with Crippen LogP contribution in [0.2, 0.25) is 0 Å². The minimum absolute atomic E-state index is 0.0311. The van der Waals surface area contributed by atoms with E-state index in [0.29, 0.717) is 27.8 Å². The van der Waals surface area contributed by atoms with Gasteiger partial charge >= 0.3 is 0 Å². The molecule has 154 valence electrons. The summed E-state index contributed by atoms with van der Waals surface area (Å²) in [7, 11) is -3.59. The highest BCUT2D eigenvalue weighted by Crippen LogP contribution is 2.33. The molecule has 4 aromatic rings. The van der Waals surface area contributed by atoms with Crippen LogP contribution >= 0.6 is 0 Å². The van der Waals surface area contributed by atoms with Gasteiger partial charge in [-0.25, -0.2) is 22.2 Å². The fourth-order valence-electron chi connectivity index (χ4n) is 3.27. The van der Waals surface area contributed by atoms with Crippen LogP contribution < -0.4 is 5.73 Å². The number of hydrogen-bond acceptors (Lipinski definition) is 6. The molecule has 0 spiro atoms. The van der Waals surface area contributed by atoms with Gasteiger partial charge in [0, 0.05) is 35.7 Å². The predicted molar refractivity (Wildman–Crippen MR) is 107 cm³/mol. The predicted octanol–water partition coefficient (Wildman–Crippen LogP) is 3.81. The highest BCUT2D eigenvalue weighted by Gasteiger charge is 2.21. The molecule has 2 aromatic carbocycles. The van der Waals surface area contributed by atoms with E-state index in [1.165, 1.54) is 12.1 Å². The maximum atomic E-state index is 14.3. The van der Waals surface area contributed by atoms with Crippen molar-refractivity contribution in [3.05, 3.63) is 77.5 Å². The molecule has 2 aromatic heterocycles. The molecule has 0 radical (unpaired) electrons. The van der Waals surface area contributed by atoms with Crippen LogP contribution in [0.25, 0.3) is 22.2 Å². The van der Waals surface area contributed by atoms with E-state index in [1.54, 1.807) is 30.3 Å². The van der Waals surface area contributed by atoms with Gasteiger partial charge in [-0.05, 0) is 29.8 Å². The van der Waals surface area contributed by atoms with Crippen molar-refractivity contribution in [2.45, 2.75) is 17.5 Å². The van der Waals surface area contributed by atoms with Gasteiger partial charge in [0.25, 0.3) is 0 Å². The monoisotopic (exact) mass is 429 g/mol. The second-order valence-corrected chi connectivity index (χ2v) is 8.88. The molecule has 0 fully saturated rings. The average molecular weight is 429 g/mol. The number of fused-ring (bicyclic) bond motifs is 1. The third-order valence-corrected chi connectivity index (χ3v) is 5.72. The molecule has 0 aliphatic rings. The summed E-state index contributed by atoms with van der Waals surface area (Å²) in [5, 5.41) is 4.45. The standard InChI is InChI=1S/C21H17F2N3O3S/c1-30(27,28)20-9-8-16(23)18(25-20)11-17(24)13-4-2-3-5-14(13)21-15-7-6-12(22)10-19(15)29-26-21/h2-10,17H,11,24H2,1H3. The first-order valence-corrected chi connectivity index (χ1v) is 10.9. The lowest BCUT2D eigenvalue weighted by molar-refractivity contribution is 0.457. The zero-order valence-corrected chi connectivity index (χ0v) is 16.7. The van der Waals surface area contributed by atoms with Crippen molar-refractivity contribution in [3.8, 4) is 11.3 Å². The minimum atomic E-state index is -3.59. The maximum absolute atomic E-state index is 14.3. The van der Waals surface area contributed by atoms with Crippen LogP contribution in [0.3, 0.4) is 0 Å². The van der Waals surface area contributed by atoms with Gasteiger partial charge in [-0.15, -0.1) is 0 Å². The fraction of sp³-hybridized carbons (Fsp3) is 0.143. The largest absolute Gasteiger partial charge is 0.356 e. The Bertz CT molecular complexity index is 1350. The van der Waals surface area contributed by atoms with Crippen LogP contribution in [0, 0.1) is 11.6 Å². The Morgan fingerprint density at radius 3 is 2.63 bits per heavy atom. The molecular weight excluding hydrogens is 412 g/mol. The molecule has 1 atom stereocenters. The molecule has 4 rings (SSSR count). The van der Waals surface area contributed by atoms with E-state index in [4.69, 9.17) is 10.3 Å². The first kappa shape index (κ1) is 20.1. The zero-order chi connectivity index (χ0) is 21.5. The van der Waals surface area contributed by atoms with Crippen molar-refractivity contribution in [1.82, 2.24) is 10.1 Å². The third-order valence-electron chi connectivity index (χ3n) is 4.74. The van der Waals surface area contributed by atoms with E-state index in [0.717, 1.165) is 18.4 Å². The average Bonchev–Trinajstić information content (AvgIpc) is 3.11. The quantitative estimate of drug-likeness (QED) is 0.518. The molecule has 2 heterocycles. The molecule has 0 aliphatic carbocycles. The van der Waals surface area contributed by atoms with Gasteiger partial charge in [-0.1, -0.05) is 29.4 Å². The van der Waals surface area contributed by atoms with Crippen LogP contribution in [-0.4, -0.2) is 24.8 Å². The van der Waals surface area contributed by atoms with Crippen LogP contribution in [0.15, 0.2) is 64.1 Å². The van der Waals surface area contributed by atoms with E-state index >= 15 is 0 Å². The first-order chi connectivity index (χ1) is 14.2. The van der Waals surface area contributed by atoms with Crippen molar-refractivity contribution < 1.29 is 21.7 Å². The van der Waals surface area contributed by atoms with E-state index in [2.05, 4.69) is 10.1 Å². The number of nitrogens with two attached hydrogens (primary N) is 1. The number of halogens is 2. The first-order valence-electron chi connectivity index (χ1n) is 8.99. The topological polar surface area (TPSA) is 99.1 Å². The molecule has 6 nitrogen and oxygen atoms in total. The lowest BCUT2D eigenvalue weighted by Gasteiger charge is -2.16. The van der Waals surface area contributed by atoms with Gasteiger partial charge in [0.2, 0.25) is 0 Å². The summed E-state index contributed by atoms with van der Waals surface area (Å²) in [5.74, 6) is -1.08. The number of pyridine rings is 1. The molecule has 0 bridgehead atoms. The molecule has 0 saturated carbocycles. The van der Waals surface area contributed by atoms with Crippen molar-refractivity contribution in [1.29, 1.82) is 0 Å². The highest BCUT2D eigenvalue weighted by molar-refractivity contribution is 7.90. The number of hydrogen-bond donors (Lipinski definition) is 1. The Balaban J connectivity index is 1.74. The van der Waals surface area contributed by atoms with Gasteiger partial charge in [0.1, 0.15) is 17.3 Å². The van der Waals surface area contributed by atoms with Gasteiger partial charge in [0.15, 0.2) is 20.4 Å². The zero-order valence-electron chi connectivity index (χ0n) is 15.8. The molecule has 30 heavy (non-hydrogen) atoms. The van der Waals surface area contributed by atoms with E-state index in [1.807, 2.05) is 0 Å². The third kappa shape index (κ3) is 3.81. The lowest BCUT2D eigenvalue weighted by atomic mass is 9.94. The van der Waals surface area contributed by atoms with Gasteiger partial charge in [-0.3, -0.25) is 0 Å². The van der Waals surface area contributed by atoms with Crippen LogP contribution in [0.1, 0.15) is 17.3 Å². The molecule has 0 saturated heterocycles. The summed E-state index contributed by atoms with van der Waals surface area (Å²) in [6, 6.07) is 12.7. The second-order valence-electron chi connectivity index (χ2n) is 6.92. The van der Waals surface area contributed by atoms with Crippen molar-refractivity contribution >= 4 is 20.8 Å². The maximum Gasteiger partial charge on any atom is 0.192 e. The van der Waals surface area contributed by atoms with E-state index in [-0.39, 0.29) is 17.1 Å². The Morgan fingerprint density at radius 2 is 1.87 bits per heavy atom. The Labute approximate surface area is 171 Å². The summed E-state index contributed by atoms with van der Waals surface area (Å²) >= 11 is 0. The van der Waals surface area contributed by atoms with Crippen LogP contribution in [-0.2, 0) is 16.3 Å². The molecule has 2 N–H and O–H groups in total. The molecule has 9 heteroatoms. The van der Waals surface area contributed by atoms with Crippen molar-refractivity contribution in [3.63, 3.8) is 0 Å². The number of rotatable bonds is 5. The molecule has 0 aliphatic heterocycles. The Morgan fingerprint density at radius 1 is 1.10 bits per heavy atom. The van der Waals surface area contributed by atoms with Gasteiger partial charge in [-0.2, -0.15) is 0 Å². The van der Waals surface area contributed by atoms with E-state index < -0.39 is 27.5 Å². The number of aromatic nitrogens is 2. The van der Waals surface area contributed by atoms with Gasteiger partial charge < -0.3 is 10.3 Å². The molecular formula is C21H17F2N3O3S. The van der Waals surface area contributed by atoms with Crippen LogP contribution in [0.4, 0.5) is 8.78 Å². The summed E-state index contributed by atoms with van der Waals surface area (Å²) in [4.78, 5) is 3.94. The summed E-state index contributed by atoms with van der Waals surface area (Å²) in [6.07, 6.45) is 0.974. The fourth-order valence-corrected chi connectivity index (χ4v) is 3.87. The summed E-state index contributed by atoms with van der Waals surface area (Å²) < 4.78 is 56.5. The van der Waals surface area contributed by atoms with Crippen molar-refractivity contribution in [2.75, 3.05) is 6.26 Å². The summed E-state index contributed by atoms with van der Waals surface area (Å²) in [6.45, 7) is 0. The molecule has 0 amide bonds.